The molecule has 4 nitrogen and oxygen atoms in total. The lowest BCUT2D eigenvalue weighted by Gasteiger charge is -2.27. The number of hydrogen-bond donors (Lipinski definition) is 1. The van der Waals surface area contributed by atoms with Crippen LogP contribution >= 0.6 is 0 Å². The van der Waals surface area contributed by atoms with Crippen LogP contribution in [0.1, 0.15) is 25.7 Å². The van der Waals surface area contributed by atoms with Crippen LogP contribution < -0.4 is 0 Å². The van der Waals surface area contributed by atoms with Gasteiger partial charge in [-0.15, -0.1) is 0 Å². The third-order valence-electron chi connectivity index (χ3n) is 3.49. The van der Waals surface area contributed by atoms with Crippen molar-refractivity contribution >= 4 is 11.0 Å². The molecule has 1 atom stereocenters. The van der Waals surface area contributed by atoms with Gasteiger partial charge in [0.25, 0.3) is 0 Å². The van der Waals surface area contributed by atoms with Crippen molar-refractivity contribution in [3.63, 3.8) is 0 Å². The Kier molecular flexibility index (Phi) is 5.17. The van der Waals surface area contributed by atoms with E-state index in [-0.39, 0.29) is 0 Å². The van der Waals surface area contributed by atoms with Gasteiger partial charge in [-0.05, 0) is 26.0 Å². The molecule has 0 aliphatic carbocycles. The first-order chi connectivity index (χ1) is 9.61. The molecule has 1 N–H and O–H groups in total. The third-order valence-corrected chi connectivity index (χ3v) is 3.49. The second kappa shape index (κ2) is 6.88. The van der Waals surface area contributed by atoms with Crippen LogP contribution in [-0.4, -0.2) is 42.9 Å². The fraction of sp³-hybridized carbons (Fsp3) is 0.500. The van der Waals surface area contributed by atoms with Gasteiger partial charge >= 0.3 is 0 Å². The minimum absolute atomic E-state index is 0.351. The Morgan fingerprint density at radius 1 is 1.30 bits per heavy atom. The molecule has 1 aromatic heterocycles. The van der Waals surface area contributed by atoms with Gasteiger partial charge in [-0.25, -0.2) is 0 Å². The summed E-state index contributed by atoms with van der Waals surface area (Å²) in [6, 6.07) is 10.1. The van der Waals surface area contributed by atoms with Gasteiger partial charge in [0.15, 0.2) is 0 Å². The maximum atomic E-state index is 10.4. The molecule has 1 aromatic carbocycles. The van der Waals surface area contributed by atoms with Gasteiger partial charge in [0.2, 0.25) is 0 Å². The molecule has 0 saturated heterocycles. The van der Waals surface area contributed by atoms with Gasteiger partial charge in [-0.1, -0.05) is 18.2 Å². The first kappa shape index (κ1) is 15.0. The normalized spacial score (nSPS) is 13.5. The van der Waals surface area contributed by atoms with E-state index in [1.54, 1.807) is 7.11 Å². The van der Waals surface area contributed by atoms with Gasteiger partial charge in [0.05, 0.1) is 6.61 Å². The van der Waals surface area contributed by atoms with Crippen LogP contribution in [0.3, 0.4) is 0 Å². The molecule has 0 aliphatic rings. The van der Waals surface area contributed by atoms with Crippen molar-refractivity contribution in [2.24, 2.45) is 0 Å². The molecule has 0 saturated carbocycles. The summed E-state index contributed by atoms with van der Waals surface area (Å²) in [4.78, 5) is 2.18. The van der Waals surface area contributed by atoms with Crippen LogP contribution in [-0.2, 0) is 4.74 Å². The first-order valence-electron chi connectivity index (χ1n) is 7.01. The Labute approximate surface area is 119 Å². The predicted molar refractivity (Wildman–Crippen MR) is 79.8 cm³/mol. The summed E-state index contributed by atoms with van der Waals surface area (Å²) in [5.74, 6) is 0.620. The van der Waals surface area contributed by atoms with E-state index in [2.05, 4.69) is 18.7 Å². The number of rotatable bonds is 7. The molecule has 2 aromatic rings. The molecule has 0 spiro atoms. The van der Waals surface area contributed by atoms with E-state index in [0.717, 1.165) is 17.5 Å². The van der Waals surface area contributed by atoms with E-state index in [0.29, 0.717) is 25.0 Å². The van der Waals surface area contributed by atoms with Crippen LogP contribution in [0.4, 0.5) is 0 Å². The van der Waals surface area contributed by atoms with Crippen LogP contribution in [0, 0.1) is 0 Å². The number of hydrogen-bond acceptors (Lipinski definition) is 4. The summed E-state index contributed by atoms with van der Waals surface area (Å²) in [5.41, 5.74) is 0.814. The maximum absolute atomic E-state index is 10.4. The zero-order chi connectivity index (χ0) is 14.5. The fourth-order valence-electron chi connectivity index (χ4n) is 2.25. The standard InChI is InChI=1S/C16H23NO3/c1-12(2)17(8-9-19-3)11-14(18)16-10-13-6-4-5-7-15(13)20-16/h4-7,10,12,14,18H,8-9,11H2,1-3H3. The summed E-state index contributed by atoms with van der Waals surface area (Å²) in [7, 11) is 1.69. The molecule has 4 heteroatoms. The first-order valence-corrected chi connectivity index (χ1v) is 7.01. The number of aliphatic hydroxyl groups excluding tert-OH is 1. The number of para-hydroxylation sites is 1. The second-order valence-corrected chi connectivity index (χ2v) is 5.28. The van der Waals surface area contributed by atoms with E-state index < -0.39 is 6.10 Å². The molecule has 0 amide bonds. The highest BCUT2D eigenvalue weighted by Gasteiger charge is 2.19. The van der Waals surface area contributed by atoms with Gasteiger partial charge in [0, 0.05) is 31.6 Å². The van der Waals surface area contributed by atoms with Crippen molar-refractivity contribution in [3.8, 4) is 0 Å². The Bertz CT molecular complexity index is 502. The molecule has 110 valence electrons. The van der Waals surface area contributed by atoms with E-state index in [4.69, 9.17) is 9.15 Å². The highest BCUT2D eigenvalue weighted by atomic mass is 16.5. The highest BCUT2D eigenvalue weighted by Crippen LogP contribution is 2.24. The molecular formula is C16H23NO3. The van der Waals surface area contributed by atoms with Gasteiger partial charge in [0.1, 0.15) is 17.4 Å². The van der Waals surface area contributed by atoms with Crippen LogP contribution in [0.2, 0.25) is 0 Å². The van der Waals surface area contributed by atoms with Crippen molar-refractivity contribution in [1.82, 2.24) is 4.90 Å². The van der Waals surface area contributed by atoms with Crippen molar-refractivity contribution in [3.05, 3.63) is 36.1 Å². The average molecular weight is 277 g/mol. The second-order valence-electron chi connectivity index (χ2n) is 5.28. The number of furan rings is 1. The minimum atomic E-state index is -0.623. The van der Waals surface area contributed by atoms with E-state index >= 15 is 0 Å². The lowest BCUT2D eigenvalue weighted by atomic mass is 10.2. The van der Waals surface area contributed by atoms with E-state index in [9.17, 15) is 5.11 Å². The smallest absolute Gasteiger partial charge is 0.135 e. The number of nitrogens with zero attached hydrogens (tertiary/aromatic N) is 1. The van der Waals surface area contributed by atoms with Crippen LogP contribution in [0.15, 0.2) is 34.7 Å². The summed E-state index contributed by atoms with van der Waals surface area (Å²) in [5, 5.41) is 11.4. The Morgan fingerprint density at radius 2 is 2.05 bits per heavy atom. The zero-order valence-corrected chi connectivity index (χ0v) is 12.4. The van der Waals surface area contributed by atoms with Crippen LogP contribution in [0.25, 0.3) is 11.0 Å². The minimum Gasteiger partial charge on any atom is -0.458 e. The topological polar surface area (TPSA) is 45.8 Å². The molecule has 0 radical (unpaired) electrons. The third kappa shape index (κ3) is 3.60. The molecular weight excluding hydrogens is 254 g/mol. The molecule has 1 heterocycles. The number of methoxy groups -OCH3 is 1. The quantitative estimate of drug-likeness (QED) is 0.845. The van der Waals surface area contributed by atoms with E-state index in [1.165, 1.54) is 0 Å². The average Bonchev–Trinajstić information content (AvgIpc) is 2.86. The lowest BCUT2D eigenvalue weighted by Crippen LogP contribution is -2.37. The SMILES string of the molecule is COCCN(CC(O)c1cc2ccccc2o1)C(C)C. The Balaban J connectivity index is 2.07. The van der Waals surface area contributed by atoms with Crippen molar-refractivity contribution in [1.29, 1.82) is 0 Å². The molecule has 0 aliphatic heterocycles. The summed E-state index contributed by atoms with van der Waals surface area (Å²) >= 11 is 0. The van der Waals surface area contributed by atoms with Crippen molar-refractivity contribution in [2.75, 3.05) is 26.8 Å². The number of benzene rings is 1. The van der Waals surface area contributed by atoms with Crippen molar-refractivity contribution in [2.45, 2.75) is 26.0 Å². The molecule has 0 bridgehead atoms. The Hall–Kier alpha value is -1.36. The number of fused-ring (bicyclic) bond motifs is 1. The summed E-state index contributed by atoms with van der Waals surface area (Å²) < 4.78 is 10.8. The number of ether oxygens (including phenoxy) is 1. The maximum Gasteiger partial charge on any atom is 0.135 e. The molecule has 0 fully saturated rings. The largest absolute Gasteiger partial charge is 0.458 e. The highest BCUT2D eigenvalue weighted by molar-refractivity contribution is 5.77. The van der Waals surface area contributed by atoms with Gasteiger partial charge in [-0.3, -0.25) is 4.90 Å². The number of aliphatic hydroxyl groups is 1. The van der Waals surface area contributed by atoms with Gasteiger partial charge < -0.3 is 14.3 Å². The fourth-order valence-corrected chi connectivity index (χ4v) is 2.25. The molecule has 1 unspecified atom stereocenters. The predicted octanol–water partition coefficient (Wildman–Crippen LogP) is 2.82. The van der Waals surface area contributed by atoms with Crippen LogP contribution in [0.5, 0.6) is 0 Å². The lowest BCUT2D eigenvalue weighted by molar-refractivity contribution is 0.0621. The monoisotopic (exact) mass is 277 g/mol. The van der Waals surface area contributed by atoms with Gasteiger partial charge in [-0.2, -0.15) is 0 Å². The summed E-state index contributed by atoms with van der Waals surface area (Å²) in [6.45, 7) is 6.22. The molecule has 20 heavy (non-hydrogen) atoms. The van der Waals surface area contributed by atoms with Crippen molar-refractivity contribution < 1.29 is 14.3 Å². The molecule has 2 rings (SSSR count). The van der Waals surface area contributed by atoms with E-state index in [1.807, 2.05) is 30.3 Å². The zero-order valence-electron chi connectivity index (χ0n) is 12.4. The summed E-state index contributed by atoms with van der Waals surface area (Å²) in [6.07, 6.45) is -0.623. The Morgan fingerprint density at radius 3 is 2.70 bits per heavy atom.